The normalized spacial score (nSPS) is 30.6. The monoisotopic (exact) mass is 208 g/mol. The lowest BCUT2D eigenvalue weighted by molar-refractivity contribution is 0.194. The van der Waals surface area contributed by atoms with Crippen LogP contribution in [-0.4, -0.2) is 20.4 Å². The van der Waals surface area contributed by atoms with Crippen LogP contribution < -0.4 is 0 Å². The van der Waals surface area contributed by atoms with Crippen LogP contribution in [0.5, 0.6) is 0 Å². The maximum absolute atomic E-state index is 5.13. The molecular weight excluding hydrogens is 183 g/mol. The Balaban J connectivity index is 1.74. The van der Waals surface area contributed by atoms with Gasteiger partial charge in [-0.05, 0) is 6.42 Å². The summed E-state index contributed by atoms with van der Waals surface area (Å²) in [5.74, 6) is 2.19. The second-order valence-electron chi connectivity index (χ2n) is 5.53. The number of hydrogen-bond donors (Lipinski definition) is 0. The summed E-state index contributed by atoms with van der Waals surface area (Å²) in [5, 5.41) is 0. The van der Waals surface area contributed by atoms with Gasteiger partial charge in [-0.1, -0.05) is 62.9 Å². The molecule has 0 N–H and O–H groups in total. The lowest BCUT2D eigenvalue weighted by atomic mass is 9.26. The van der Waals surface area contributed by atoms with E-state index in [2.05, 4.69) is 0 Å². The average molecular weight is 208 g/mol. The molecule has 2 heteroatoms. The predicted octanol–water partition coefficient (Wildman–Crippen LogP) is 4.02. The van der Waals surface area contributed by atoms with Gasteiger partial charge in [0.05, 0.1) is 0 Å². The van der Waals surface area contributed by atoms with Crippen molar-refractivity contribution >= 4 is 6.71 Å². The third-order valence-corrected chi connectivity index (χ3v) is 4.65. The molecule has 2 fully saturated rings. The predicted molar refractivity (Wildman–Crippen MR) is 66.9 cm³/mol. The van der Waals surface area contributed by atoms with Gasteiger partial charge in [-0.25, -0.2) is 0 Å². The van der Waals surface area contributed by atoms with Gasteiger partial charge in [0.1, 0.15) is 6.71 Å². The summed E-state index contributed by atoms with van der Waals surface area (Å²) in [5.41, 5.74) is 0. The second kappa shape index (κ2) is 5.93. The van der Waals surface area contributed by atoms with Gasteiger partial charge in [0.2, 0.25) is 0 Å². The Labute approximate surface area is 95.0 Å². The summed E-state index contributed by atoms with van der Waals surface area (Å²) in [7, 11) is 1.81. The van der Waals surface area contributed by atoms with Crippen LogP contribution in [0.2, 0.25) is 18.0 Å². The molecule has 2 aliphatic heterocycles. The summed E-state index contributed by atoms with van der Waals surface area (Å²) in [6.45, 7) is 2.05. The molecule has 2 bridgehead atoms. The summed E-state index contributed by atoms with van der Waals surface area (Å²) in [6, 6.07) is 0. The van der Waals surface area contributed by atoms with E-state index in [0.717, 1.165) is 25.0 Å². The van der Waals surface area contributed by atoms with Crippen molar-refractivity contribution in [2.75, 3.05) is 13.7 Å². The zero-order valence-corrected chi connectivity index (χ0v) is 10.2. The van der Waals surface area contributed by atoms with Gasteiger partial charge in [-0.2, -0.15) is 0 Å². The molecule has 0 atom stereocenters. The fourth-order valence-electron chi connectivity index (χ4n) is 3.91. The highest BCUT2D eigenvalue weighted by Crippen LogP contribution is 2.48. The van der Waals surface area contributed by atoms with Crippen LogP contribution >= 0.6 is 0 Å². The van der Waals surface area contributed by atoms with E-state index in [-0.39, 0.29) is 0 Å². The first-order chi connectivity index (χ1) is 7.42. The zero-order valence-electron chi connectivity index (χ0n) is 10.2. The highest BCUT2D eigenvalue weighted by Gasteiger charge is 2.37. The molecule has 15 heavy (non-hydrogen) atoms. The Hall–Kier alpha value is 0.0249. The summed E-state index contributed by atoms with van der Waals surface area (Å²) >= 11 is 0. The van der Waals surface area contributed by atoms with Gasteiger partial charge < -0.3 is 4.74 Å². The molecule has 0 spiro atoms. The van der Waals surface area contributed by atoms with Gasteiger partial charge >= 0.3 is 0 Å². The Bertz CT molecular complexity index is 161. The van der Waals surface area contributed by atoms with Crippen molar-refractivity contribution in [3.8, 4) is 0 Å². The number of fused-ring (bicyclic) bond motifs is 2. The Kier molecular flexibility index (Phi) is 4.55. The maximum Gasteiger partial charge on any atom is 0.146 e. The number of ether oxygens (including phenoxy) is 1. The quantitative estimate of drug-likeness (QED) is 0.489. The molecule has 2 saturated heterocycles. The van der Waals surface area contributed by atoms with E-state index in [1.54, 1.807) is 0 Å². The van der Waals surface area contributed by atoms with E-state index in [4.69, 9.17) is 4.74 Å². The van der Waals surface area contributed by atoms with Crippen LogP contribution in [-0.2, 0) is 4.74 Å². The first-order valence-corrected chi connectivity index (χ1v) is 6.90. The molecule has 1 nitrogen and oxygen atoms in total. The van der Waals surface area contributed by atoms with Crippen LogP contribution in [0.15, 0.2) is 0 Å². The van der Waals surface area contributed by atoms with E-state index >= 15 is 0 Å². The first-order valence-electron chi connectivity index (χ1n) is 6.90. The lowest BCUT2D eigenvalue weighted by Gasteiger charge is -2.40. The summed E-state index contributed by atoms with van der Waals surface area (Å²) in [6.07, 6.45) is 13.3. The largest absolute Gasteiger partial charge is 0.385 e. The standard InChI is InChI=1S/C13H25BO/c1-15-11-3-2-10-14-12-6-4-7-13(14)9-5-8-12/h12-13H,2-11H2,1H3. The van der Waals surface area contributed by atoms with E-state index in [0.29, 0.717) is 0 Å². The van der Waals surface area contributed by atoms with Crippen molar-refractivity contribution in [1.82, 2.24) is 0 Å². The summed E-state index contributed by atoms with van der Waals surface area (Å²) < 4.78 is 5.13. The number of unbranched alkanes of at least 4 members (excludes halogenated alkanes) is 1. The fraction of sp³-hybridized carbons (Fsp3) is 1.00. The van der Waals surface area contributed by atoms with Crippen molar-refractivity contribution in [2.45, 2.75) is 69.3 Å². The van der Waals surface area contributed by atoms with Gasteiger partial charge in [0.25, 0.3) is 0 Å². The van der Waals surface area contributed by atoms with Crippen molar-refractivity contribution in [1.29, 1.82) is 0 Å². The minimum atomic E-state index is 0.960. The molecule has 0 aromatic rings. The Morgan fingerprint density at radius 2 is 1.60 bits per heavy atom. The van der Waals surface area contributed by atoms with Crippen molar-refractivity contribution < 1.29 is 4.74 Å². The minimum absolute atomic E-state index is 0.960. The molecule has 2 heterocycles. The molecule has 0 radical (unpaired) electrons. The third-order valence-electron chi connectivity index (χ3n) is 4.65. The highest BCUT2D eigenvalue weighted by atomic mass is 16.5. The minimum Gasteiger partial charge on any atom is -0.385 e. The molecule has 2 aliphatic rings. The average Bonchev–Trinajstić information content (AvgIpc) is 2.24. The molecule has 0 unspecified atom stereocenters. The molecule has 0 aromatic heterocycles. The van der Waals surface area contributed by atoms with E-state index < -0.39 is 0 Å². The van der Waals surface area contributed by atoms with Gasteiger partial charge in [-0.15, -0.1) is 0 Å². The molecule has 0 saturated carbocycles. The van der Waals surface area contributed by atoms with E-state index in [1.807, 2.05) is 7.11 Å². The zero-order chi connectivity index (χ0) is 10.5. The smallest absolute Gasteiger partial charge is 0.146 e. The van der Waals surface area contributed by atoms with Crippen molar-refractivity contribution in [2.24, 2.45) is 0 Å². The molecule has 0 aliphatic carbocycles. The molecule has 2 rings (SSSR count). The van der Waals surface area contributed by atoms with Gasteiger partial charge in [0, 0.05) is 13.7 Å². The van der Waals surface area contributed by atoms with Gasteiger partial charge in [-0.3, -0.25) is 0 Å². The SMILES string of the molecule is COCCCCB1C2CCCC1CCC2. The van der Waals surface area contributed by atoms with Crippen molar-refractivity contribution in [3.63, 3.8) is 0 Å². The first kappa shape index (κ1) is 11.5. The summed E-state index contributed by atoms with van der Waals surface area (Å²) in [4.78, 5) is 0. The maximum atomic E-state index is 5.13. The van der Waals surface area contributed by atoms with Crippen LogP contribution in [0.3, 0.4) is 0 Å². The lowest BCUT2D eigenvalue weighted by Crippen LogP contribution is -2.34. The topological polar surface area (TPSA) is 9.23 Å². The van der Waals surface area contributed by atoms with E-state index in [1.165, 1.54) is 57.7 Å². The van der Waals surface area contributed by atoms with Crippen LogP contribution in [0, 0.1) is 0 Å². The molecule has 86 valence electrons. The Morgan fingerprint density at radius 1 is 1.00 bits per heavy atom. The number of methoxy groups -OCH3 is 1. The fourth-order valence-corrected chi connectivity index (χ4v) is 3.91. The van der Waals surface area contributed by atoms with Crippen molar-refractivity contribution in [3.05, 3.63) is 0 Å². The van der Waals surface area contributed by atoms with Crippen LogP contribution in [0.1, 0.15) is 51.4 Å². The number of rotatable bonds is 5. The van der Waals surface area contributed by atoms with Crippen LogP contribution in [0.4, 0.5) is 0 Å². The van der Waals surface area contributed by atoms with Crippen LogP contribution in [0.25, 0.3) is 0 Å². The third kappa shape index (κ3) is 2.99. The van der Waals surface area contributed by atoms with Gasteiger partial charge in [0.15, 0.2) is 0 Å². The highest BCUT2D eigenvalue weighted by molar-refractivity contribution is 6.62. The number of hydrogen-bond acceptors (Lipinski definition) is 1. The second-order valence-corrected chi connectivity index (χ2v) is 5.53. The molecular formula is C13H25BO. The molecule has 0 aromatic carbocycles. The Morgan fingerprint density at radius 3 is 2.13 bits per heavy atom. The molecule has 0 amide bonds. The van der Waals surface area contributed by atoms with E-state index in [9.17, 15) is 0 Å².